The molecule has 0 saturated heterocycles. The number of benzene rings is 2. The van der Waals surface area contributed by atoms with Gasteiger partial charge < -0.3 is 9.67 Å². The molecular weight excluding hydrogens is 397 g/mol. The van der Waals surface area contributed by atoms with Gasteiger partial charge in [-0.15, -0.1) is 0 Å². The third-order valence-corrected chi connectivity index (χ3v) is 4.56. The smallest absolute Gasteiger partial charge is 0.240 e. The first-order chi connectivity index (χ1) is 13.5. The van der Waals surface area contributed by atoms with Crippen molar-refractivity contribution in [3.63, 3.8) is 0 Å². The molecule has 0 spiro atoms. The Morgan fingerprint density at radius 2 is 1.82 bits per heavy atom. The molecular formula is C21H19Cl2N3O2. The normalized spacial score (nSPS) is 12.2. The average molecular weight is 416 g/mol. The van der Waals surface area contributed by atoms with Crippen LogP contribution in [0.25, 0.3) is 5.69 Å². The van der Waals surface area contributed by atoms with Crippen molar-refractivity contribution in [2.75, 3.05) is 0 Å². The predicted molar refractivity (Wildman–Crippen MR) is 112 cm³/mol. The van der Waals surface area contributed by atoms with E-state index in [0.717, 1.165) is 16.9 Å². The molecule has 0 aliphatic rings. The van der Waals surface area contributed by atoms with E-state index in [4.69, 9.17) is 23.2 Å². The molecule has 2 N–H and O–H groups in total. The van der Waals surface area contributed by atoms with Gasteiger partial charge in [0.25, 0.3) is 0 Å². The summed E-state index contributed by atoms with van der Waals surface area (Å²) in [5.74, 6) is -0.268. The molecule has 0 bridgehead atoms. The van der Waals surface area contributed by atoms with Crippen LogP contribution in [0, 0.1) is 0 Å². The number of nitrogens with zero attached hydrogens (tertiary/aromatic N) is 2. The fourth-order valence-corrected chi connectivity index (χ4v) is 3.26. The third-order valence-electron chi connectivity index (χ3n) is 4.12. The lowest BCUT2D eigenvalue weighted by Gasteiger charge is -2.10. The lowest BCUT2D eigenvalue weighted by Crippen LogP contribution is -2.18. The Morgan fingerprint density at radius 1 is 1.11 bits per heavy atom. The first-order valence-corrected chi connectivity index (χ1v) is 9.47. The summed E-state index contributed by atoms with van der Waals surface area (Å²) >= 11 is 12.1. The van der Waals surface area contributed by atoms with Crippen molar-refractivity contribution >= 4 is 35.3 Å². The summed E-state index contributed by atoms with van der Waals surface area (Å²) < 4.78 is 1.85. The van der Waals surface area contributed by atoms with Crippen molar-refractivity contribution in [2.45, 2.75) is 18.9 Å². The Hall–Kier alpha value is -2.60. The molecule has 0 unspecified atom stereocenters. The third kappa shape index (κ3) is 5.45. The average Bonchev–Trinajstić information content (AvgIpc) is 3.14. The monoisotopic (exact) mass is 415 g/mol. The minimum absolute atomic E-state index is 0.165. The number of aliphatic hydroxyl groups is 1. The fraction of sp³-hybridized carbons (Fsp3) is 0.143. The molecule has 0 saturated carbocycles. The molecule has 1 aromatic heterocycles. The van der Waals surface area contributed by atoms with Gasteiger partial charge in [0, 0.05) is 28.4 Å². The van der Waals surface area contributed by atoms with Gasteiger partial charge in [-0.3, -0.25) is 4.79 Å². The zero-order chi connectivity index (χ0) is 19.9. The summed E-state index contributed by atoms with van der Waals surface area (Å²) in [7, 11) is 0. The highest BCUT2D eigenvalue weighted by molar-refractivity contribution is 6.34. The standard InChI is InChI=1S/C21H19Cl2N3O2/c22-16-11-17(23)13-19(12-16)26-10-4-7-18(26)14-24-25-21(28)9-8-20(27)15-5-2-1-3-6-15/h1-7,10-14,20,27H,8-9H2,(H,25,28)/b24-14-/t20-/m1/s1. The van der Waals surface area contributed by atoms with Crippen molar-refractivity contribution in [2.24, 2.45) is 5.10 Å². The summed E-state index contributed by atoms with van der Waals surface area (Å²) in [6.45, 7) is 0. The van der Waals surface area contributed by atoms with Crippen LogP contribution in [0.15, 0.2) is 72.0 Å². The van der Waals surface area contributed by atoms with E-state index in [1.807, 2.05) is 53.2 Å². The van der Waals surface area contributed by atoms with E-state index in [2.05, 4.69) is 10.5 Å². The summed E-state index contributed by atoms with van der Waals surface area (Å²) in [6, 6.07) is 18.2. The summed E-state index contributed by atoms with van der Waals surface area (Å²) in [4.78, 5) is 12.0. The van der Waals surface area contributed by atoms with E-state index in [-0.39, 0.29) is 12.3 Å². The van der Waals surface area contributed by atoms with Crippen LogP contribution >= 0.6 is 23.2 Å². The number of nitrogens with one attached hydrogen (secondary N) is 1. The first kappa shape index (κ1) is 20.1. The van der Waals surface area contributed by atoms with Gasteiger partial charge in [-0.25, -0.2) is 5.43 Å². The zero-order valence-corrected chi connectivity index (χ0v) is 16.4. The number of aliphatic hydroxyl groups excluding tert-OH is 1. The lowest BCUT2D eigenvalue weighted by molar-refractivity contribution is -0.121. The van der Waals surface area contributed by atoms with Crippen LogP contribution in [0.4, 0.5) is 0 Å². The number of hydrazone groups is 1. The van der Waals surface area contributed by atoms with Gasteiger partial charge in [-0.2, -0.15) is 5.10 Å². The SMILES string of the molecule is O=C(CC[C@@H](O)c1ccccc1)N/N=C\c1cccn1-c1cc(Cl)cc(Cl)c1. The van der Waals surface area contributed by atoms with Gasteiger partial charge in [-0.05, 0) is 42.3 Å². The molecule has 0 aliphatic carbocycles. The van der Waals surface area contributed by atoms with Crippen LogP contribution < -0.4 is 5.43 Å². The quantitative estimate of drug-likeness (QED) is 0.431. The van der Waals surface area contributed by atoms with Crippen molar-refractivity contribution in [1.29, 1.82) is 0 Å². The Kier molecular flexibility index (Phi) is 6.87. The number of hydrogen-bond acceptors (Lipinski definition) is 3. The van der Waals surface area contributed by atoms with Crippen LogP contribution in [0.1, 0.15) is 30.2 Å². The molecule has 0 fully saturated rings. The maximum Gasteiger partial charge on any atom is 0.240 e. The predicted octanol–water partition coefficient (Wildman–Crippen LogP) is 4.75. The number of amides is 1. The molecule has 0 radical (unpaired) electrons. The van der Waals surface area contributed by atoms with E-state index in [9.17, 15) is 9.90 Å². The first-order valence-electron chi connectivity index (χ1n) is 8.71. The molecule has 7 heteroatoms. The van der Waals surface area contributed by atoms with E-state index < -0.39 is 6.10 Å². The number of aromatic nitrogens is 1. The van der Waals surface area contributed by atoms with Crippen LogP contribution in [0.2, 0.25) is 10.0 Å². The minimum Gasteiger partial charge on any atom is -0.388 e. The molecule has 3 aromatic rings. The largest absolute Gasteiger partial charge is 0.388 e. The molecule has 5 nitrogen and oxygen atoms in total. The van der Waals surface area contributed by atoms with Crippen LogP contribution in [0.3, 0.4) is 0 Å². The molecule has 3 rings (SSSR count). The Balaban J connectivity index is 1.56. The molecule has 2 aromatic carbocycles. The van der Waals surface area contributed by atoms with Crippen molar-refractivity contribution in [3.05, 3.63) is 88.2 Å². The van der Waals surface area contributed by atoms with Crippen molar-refractivity contribution in [1.82, 2.24) is 9.99 Å². The summed E-state index contributed by atoms with van der Waals surface area (Å²) in [5.41, 5.74) is 4.82. The van der Waals surface area contributed by atoms with Gasteiger partial charge in [0.05, 0.1) is 18.0 Å². The maximum atomic E-state index is 12.0. The number of carbonyl (C=O) groups is 1. The van der Waals surface area contributed by atoms with E-state index >= 15 is 0 Å². The van der Waals surface area contributed by atoms with E-state index in [1.165, 1.54) is 0 Å². The Bertz CT molecular complexity index is 951. The van der Waals surface area contributed by atoms with Gasteiger partial charge in [0.1, 0.15) is 0 Å². The fourth-order valence-electron chi connectivity index (χ4n) is 2.75. The summed E-state index contributed by atoms with van der Waals surface area (Å²) in [6.07, 6.45) is 3.20. The molecule has 28 heavy (non-hydrogen) atoms. The maximum absolute atomic E-state index is 12.0. The molecule has 1 heterocycles. The lowest BCUT2D eigenvalue weighted by atomic mass is 10.1. The molecule has 1 amide bonds. The number of halogens is 2. The topological polar surface area (TPSA) is 66.6 Å². The van der Waals surface area contributed by atoms with Crippen molar-refractivity contribution < 1.29 is 9.90 Å². The highest BCUT2D eigenvalue weighted by Gasteiger charge is 2.10. The Morgan fingerprint density at radius 3 is 2.54 bits per heavy atom. The van der Waals surface area contributed by atoms with Crippen molar-refractivity contribution in [3.8, 4) is 5.69 Å². The molecule has 1 atom stereocenters. The molecule has 144 valence electrons. The van der Waals surface area contributed by atoms with E-state index in [1.54, 1.807) is 24.4 Å². The van der Waals surface area contributed by atoms with Crippen LogP contribution in [-0.4, -0.2) is 21.8 Å². The number of hydrogen-bond donors (Lipinski definition) is 2. The van der Waals surface area contributed by atoms with Gasteiger partial charge in [-0.1, -0.05) is 53.5 Å². The molecule has 0 aliphatic heterocycles. The van der Waals surface area contributed by atoms with Crippen LogP contribution in [-0.2, 0) is 4.79 Å². The second-order valence-corrected chi connectivity index (χ2v) is 7.06. The van der Waals surface area contributed by atoms with Gasteiger partial charge in [0.2, 0.25) is 5.91 Å². The second kappa shape index (κ2) is 9.55. The zero-order valence-electron chi connectivity index (χ0n) is 14.9. The number of carbonyl (C=O) groups excluding carboxylic acids is 1. The van der Waals surface area contributed by atoms with E-state index in [0.29, 0.717) is 16.5 Å². The highest BCUT2D eigenvalue weighted by Crippen LogP contribution is 2.23. The number of rotatable bonds is 7. The second-order valence-electron chi connectivity index (χ2n) is 6.19. The van der Waals surface area contributed by atoms with Gasteiger partial charge in [0.15, 0.2) is 0 Å². The minimum atomic E-state index is -0.680. The highest BCUT2D eigenvalue weighted by atomic mass is 35.5. The summed E-state index contributed by atoms with van der Waals surface area (Å²) in [5, 5.41) is 15.2. The van der Waals surface area contributed by atoms with Gasteiger partial charge >= 0.3 is 0 Å². The van der Waals surface area contributed by atoms with Crippen LogP contribution in [0.5, 0.6) is 0 Å². The Labute approximate surface area is 173 Å².